The highest BCUT2D eigenvalue weighted by Crippen LogP contribution is 2.26. The molecule has 0 spiro atoms. The number of aromatic carboxylic acids is 1. The number of carbonyl (C=O) groups is 1. The van der Waals surface area contributed by atoms with Crippen LogP contribution in [0.2, 0.25) is 0 Å². The van der Waals surface area contributed by atoms with E-state index in [1.165, 1.54) is 11.8 Å². The monoisotopic (exact) mass is 278 g/mol. The number of nitrogens with zero attached hydrogens (tertiary/aromatic N) is 4. The van der Waals surface area contributed by atoms with Crippen molar-refractivity contribution >= 4 is 17.7 Å². The van der Waals surface area contributed by atoms with Gasteiger partial charge in [-0.2, -0.15) is 0 Å². The summed E-state index contributed by atoms with van der Waals surface area (Å²) in [7, 11) is 1.79. The van der Waals surface area contributed by atoms with Gasteiger partial charge >= 0.3 is 5.97 Å². The third-order valence-electron chi connectivity index (χ3n) is 2.53. The Morgan fingerprint density at radius 1 is 1.47 bits per heavy atom. The highest BCUT2D eigenvalue weighted by atomic mass is 32.2. The SMILES string of the molecule is Cc1cc(C)c(C(=O)O)c(SCc2cn(C)nn2)n1. The van der Waals surface area contributed by atoms with Crippen molar-refractivity contribution < 1.29 is 9.90 Å². The van der Waals surface area contributed by atoms with E-state index in [0.717, 1.165) is 17.0 Å². The van der Waals surface area contributed by atoms with Crippen LogP contribution in [0.15, 0.2) is 17.3 Å². The summed E-state index contributed by atoms with van der Waals surface area (Å²) in [5, 5.41) is 17.6. The summed E-state index contributed by atoms with van der Waals surface area (Å²) >= 11 is 1.36. The van der Waals surface area contributed by atoms with Crippen molar-refractivity contribution in [2.24, 2.45) is 7.05 Å². The second kappa shape index (κ2) is 5.40. The van der Waals surface area contributed by atoms with E-state index >= 15 is 0 Å². The molecule has 0 aliphatic heterocycles. The summed E-state index contributed by atoms with van der Waals surface area (Å²) in [6.07, 6.45) is 1.80. The molecular formula is C12H14N4O2S. The smallest absolute Gasteiger partial charge is 0.338 e. The first-order valence-electron chi connectivity index (χ1n) is 5.67. The number of carboxylic acid groups (broad SMARTS) is 1. The van der Waals surface area contributed by atoms with Gasteiger partial charge in [0.05, 0.1) is 11.3 Å². The van der Waals surface area contributed by atoms with Gasteiger partial charge in [-0.1, -0.05) is 17.0 Å². The third-order valence-corrected chi connectivity index (χ3v) is 3.54. The molecule has 0 amide bonds. The Morgan fingerprint density at radius 2 is 2.21 bits per heavy atom. The molecule has 0 bridgehead atoms. The van der Waals surface area contributed by atoms with Gasteiger partial charge in [-0.25, -0.2) is 9.78 Å². The first kappa shape index (κ1) is 13.5. The number of carboxylic acids is 1. The molecule has 0 aromatic carbocycles. The van der Waals surface area contributed by atoms with E-state index in [0.29, 0.717) is 10.8 Å². The first-order chi connectivity index (χ1) is 8.97. The number of aromatic nitrogens is 4. The number of rotatable bonds is 4. The average Bonchev–Trinajstić information content (AvgIpc) is 2.71. The Kier molecular flexibility index (Phi) is 3.84. The topological polar surface area (TPSA) is 80.9 Å². The molecule has 0 fully saturated rings. The number of hydrogen-bond acceptors (Lipinski definition) is 5. The fourth-order valence-electron chi connectivity index (χ4n) is 1.77. The van der Waals surface area contributed by atoms with Gasteiger partial charge in [0.25, 0.3) is 0 Å². The van der Waals surface area contributed by atoms with Crippen molar-refractivity contribution in [3.63, 3.8) is 0 Å². The summed E-state index contributed by atoms with van der Waals surface area (Å²) < 4.78 is 1.61. The maximum atomic E-state index is 11.3. The Morgan fingerprint density at radius 3 is 2.79 bits per heavy atom. The van der Waals surface area contributed by atoms with Gasteiger partial charge in [-0.3, -0.25) is 4.68 Å². The van der Waals surface area contributed by atoms with Crippen molar-refractivity contribution in [2.45, 2.75) is 24.6 Å². The zero-order chi connectivity index (χ0) is 14.0. The quantitative estimate of drug-likeness (QED) is 0.859. The molecule has 19 heavy (non-hydrogen) atoms. The van der Waals surface area contributed by atoms with Crippen molar-refractivity contribution in [1.29, 1.82) is 0 Å². The molecule has 7 heteroatoms. The lowest BCUT2D eigenvalue weighted by molar-refractivity contribution is 0.0691. The Hall–Kier alpha value is -1.89. The fourth-order valence-corrected chi connectivity index (χ4v) is 2.79. The van der Waals surface area contributed by atoms with Crippen molar-refractivity contribution in [3.8, 4) is 0 Å². The summed E-state index contributed by atoms with van der Waals surface area (Å²) in [5.41, 5.74) is 2.59. The van der Waals surface area contributed by atoms with E-state index in [1.54, 1.807) is 30.9 Å². The van der Waals surface area contributed by atoms with Gasteiger partial charge in [0.2, 0.25) is 0 Å². The molecule has 0 saturated carbocycles. The highest BCUT2D eigenvalue weighted by molar-refractivity contribution is 7.98. The Labute approximate surface area is 114 Å². The summed E-state index contributed by atoms with van der Waals surface area (Å²) in [4.78, 5) is 15.6. The first-order valence-corrected chi connectivity index (χ1v) is 6.65. The van der Waals surface area contributed by atoms with Crippen LogP contribution >= 0.6 is 11.8 Å². The molecule has 2 rings (SSSR count). The van der Waals surface area contributed by atoms with E-state index in [4.69, 9.17) is 0 Å². The van der Waals surface area contributed by atoms with E-state index in [2.05, 4.69) is 15.3 Å². The van der Waals surface area contributed by atoms with Crippen LogP contribution in [0.3, 0.4) is 0 Å². The molecule has 1 N–H and O–H groups in total. The van der Waals surface area contributed by atoms with Crippen molar-refractivity contribution in [2.75, 3.05) is 0 Å². The molecule has 0 aliphatic rings. The molecule has 6 nitrogen and oxygen atoms in total. The van der Waals surface area contributed by atoms with Gasteiger partial charge in [0.15, 0.2) is 0 Å². The van der Waals surface area contributed by atoms with Crippen LogP contribution in [0.5, 0.6) is 0 Å². The van der Waals surface area contributed by atoms with Crippen LogP contribution in [-0.4, -0.2) is 31.1 Å². The number of pyridine rings is 1. The molecule has 0 radical (unpaired) electrons. The molecular weight excluding hydrogens is 264 g/mol. The minimum atomic E-state index is -0.952. The largest absolute Gasteiger partial charge is 0.478 e. The molecule has 2 heterocycles. The molecule has 0 aliphatic carbocycles. The normalized spacial score (nSPS) is 10.7. The van der Waals surface area contributed by atoms with Crippen LogP contribution in [0.25, 0.3) is 0 Å². The van der Waals surface area contributed by atoms with E-state index in [1.807, 2.05) is 6.92 Å². The zero-order valence-electron chi connectivity index (χ0n) is 10.9. The van der Waals surface area contributed by atoms with Gasteiger partial charge in [-0.05, 0) is 25.5 Å². The number of thioether (sulfide) groups is 1. The summed E-state index contributed by atoms with van der Waals surface area (Å²) in [5.74, 6) is -0.407. The summed E-state index contributed by atoms with van der Waals surface area (Å²) in [6, 6.07) is 1.77. The molecule has 2 aromatic heterocycles. The molecule has 0 saturated heterocycles. The van der Waals surface area contributed by atoms with Gasteiger partial charge in [0, 0.05) is 24.7 Å². The average molecular weight is 278 g/mol. The van der Waals surface area contributed by atoms with Crippen molar-refractivity contribution in [1.82, 2.24) is 20.0 Å². The minimum Gasteiger partial charge on any atom is -0.478 e. The van der Waals surface area contributed by atoms with E-state index in [9.17, 15) is 9.90 Å². The standard InChI is InChI=1S/C12H14N4O2S/c1-7-4-8(2)13-11(10(7)12(17)18)19-6-9-5-16(3)15-14-9/h4-5H,6H2,1-3H3,(H,17,18). The van der Waals surface area contributed by atoms with E-state index < -0.39 is 5.97 Å². The highest BCUT2D eigenvalue weighted by Gasteiger charge is 2.16. The maximum absolute atomic E-state index is 11.3. The lowest BCUT2D eigenvalue weighted by Gasteiger charge is -2.08. The number of aryl methyl sites for hydroxylation is 3. The zero-order valence-corrected chi connectivity index (χ0v) is 11.7. The maximum Gasteiger partial charge on any atom is 0.338 e. The van der Waals surface area contributed by atoms with Gasteiger partial charge < -0.3 is 5.11 Å². The van der Waals surface area contributed by atoms with Crippen LogP contribution < -0.4 is 0 Å². The molecule has 100 valence electrons. The Bertz CT molecular complexity index is 624. The minimum absolute atomic E-state index is 0.263. The number of hydrogen-bond donors (Lipinski definition) is 1. The lowest BCUT2D eigenvalue weighted by atomic mass is 10.1. The van der Waals surface area contributed by atoms with E-state index in [-0.39, 0.29) is 5.56 Å². The molecule has 0 atom stereocenters. The van der Waals surface area contributed by atoms with Crippen LogP contribution in [-0.2, 0) is 12.8 Å². The third kappa shape index (κ3) is 3.11. The predicted molar refractivity (Wildman–Crippen MR) is 71.2 cm³/mol. The second-order valence-electron chi connectivity index (χ2n) is 4.24. The van der Waals surface area contributed by atoms with Gasteiger partial charge in [0.1, 0.15) is 5.03 Å². The molecule has 2 aromatic rings. The lowest BCUT2D eigenvalue weighted by Crippen LogP contribution is -2.05. The summed E-state index contributed by atoms with van der Waals surface area (Å²) in [6.45, 7) is 3.63. The Balaban J connectivity index is 2.26. The fraction of sp³-hybridized carbons (Fsp3) is 0.333. The van der Waals surface area contributed by atoms with Crippen LogP contribution in [0.1, 0.15) is 27.3 Å². The van der Waals surface area contributed by atoms with Crippen LogP contribution in [0, 0.1) is 13.8 Å². The predicted octanol–water partition coefficient (Wildman–Crippen LogP) is 1.82. The van der Waals surface area contributed by atoms with Crippen molar-refractivity contribution in [3.05, 3.63) is 34.8 Å². The molecule has 0 unspecified atom stereocenters. The van der Waals surface area contributed by atoms with Crippen LogP contribution in [0.4, 0.5) is 0 Å². The second-order valence-corrected chi connectivity index (χ2v) is 5.20. The van der Waals surface area contributed by atoms with Gasteiger partial charge in [-0.15, -0.1) is 5.10 Å².